The number of piperazine rings is 1. The smallest absolute Gasteiger partial charge is 0.317 e. The lowest BCUT2D eigenvalue weighted by Gasteiger charge is -2.36. The molecule has 2 aromatic heterocycles. The van der Waals surface area contributed by atoms with E-state index >= 15 is 0 Å². The Morgan fingerprint density at radius 2 is 1.89 bits per heavy atom. The minimum absolute atomic E-state index is 0.0131. The van der Waals surface area contributed by atoms with Crippen LogP contribution in [0.25, 0.3) is 11.0 Å². The summed E-state index contributed by atoms with van der Waals surface area (Å²) in [7, 11) is 1.78. The van der Waals surface area contributed by atoms with Gasteiger partial charge in [0.15, 0.2) is 5.52 Å². The molecule has 1 N–H and O–H groups in total. The fourth-order valence-electron chi connectivity index (χ4n) is 3.66. The molecule has 2 amide bonds. The quantitative estimate of drug-likeness (QED) is 0.786. The summed E-state index contributed by atoms with van der Waals surface area (Å²) < 4.78 is 3.35. The van der Waals surface area contributed by atoms with Gasteiger partial charge < -0.3 is 15.1 Å². The topological polar surface area (TPSA) is 88.3 Å². The molecule has 1 fully saturated rings. The maximum atomic E-state index is 13.1. The number of anilines is 1. The second-order valence-corrected chi connectivity index (χ2v) is 7.65. The molecule has 0 radical (unpaired) electrons. The third-order valence-corrected chi connectivity index (χ3v) is 5.21. The van der Waals surface area contributed by atoms with Gasteiger partial charge in [0, 0.05) is 45.8 Å². The van der Waals surface area contributed by atoms with E-state index in [0.29, 0.717) is 49.7 Å². The number of hydrogen-bond donors (Lipinski definition) is 1. The molecule has 0 bridgehead atoms. The van der Waals surface area contributed by atoms with Crippen LogP contribution in [0.1, 0.15) is 45.3 Å². The SMILES string of the molecule is CCCCNC(=O)N1CCN(c2nc3c(C)nn(C)c3c(=O)n2C(C)C)CC1. The van der Waals surface area contributed by atoms with Crippen molar-refractivity contribution in [2.45, 2.75) is 46.6 Å². The molecular formula is C19H31N7O2. The predicted molar refractivity (Wildman–Crippen MR) is 110 cm³/mol. The number of nitrogens with zero attached hydrogens (tertiary/aromatic N) is 6. The number of carbonyl (C=O) groups excluding carboxylic acids is 1. The number of hydrogen-bond acceptors (Lipinski definition) is 5. The number of fused-ring (bicyclic) bond motifs is 1. The van der Waals surface area contributed by atoms with Gasteiger partial charge in [-0.05, 0) is 27.2 Å². The van der Waals surface area contributed by atoms with E-state index < -0.39 is 0 Å². The van der Waals surface area contributed by atoms with E-state index in [0.717, 1.165) is 18.5 Å². The Morgan fingerprint density at radius 1 is 1.21 bits per heavy atom. The number of aryl methyl sites for hydroxylation is 2. The molecule has 3 heterocycles. The van der Waals surface area contributed by atoms with Gasteiger partial charge >= 0.3 is 6.03 Å². The molecule has 1 aliphatic rings. The van der Waals surface area contributed by atoms with Crippen LogP contribution in [-0.4, -0.2) is 63.0 Å². The number of amides is 2. The molecule has 0 atom stereocenters. The van der Waals surface area contributed by atoms with Crippen molar-refractivity contribution in [3.05, 3.63) is 16.0 Å². The van der Waals surface area contributed by atoms with E-state index in [9.17, 15) is 9.59 Å². The van der Waals surface area contributed by atoms with E-state index in [1.54, 1.807) is 16.3 Å². The molecule has 0 unspecified atom stereocenters. The summed E-state index contributed by atoms with van der Waals surface area (Å²) in [5.74, 6) is 0.662. The lowest BCUT2D eigenvalue weighted by molar-refractivity contribution is 0.194. The second kappa shape index (κ2) is 8.20. The van der Waals surface area contributed by atoms with Crippen molar-refractivity contribution in [2.24, 2.45) is 7.05 Å². The Morgan fingerprint density at radius 3 is 2.50 bits per heavy atom. The van der Waals surface area contributed by atoms with E-state index in [1.807, 2.05) is 25.7 Å². The number of carbonyl (C=O) groups is 1. The number of rotatable bonds is 5. The van der Waals surface area contributed by atoms with E-state index in [-0.39, 0.29) is 17.6 Å². The van der Waals surface area contributed by atoms with Crippen LogP contribution in [0.2, 0.25) is 0 Å². The molecule has 0 aromatic carbocycles. The zero-order chi connectivity index (χ0) is 20.4. The third kappa shape index (κ3) is 3.70. The second-order valence-electron chi connectivity index (χ2n) is 7.65. The fourth-order valence-corrected chi connectivity index (χ4v) is 3.66. The summed E-state index contributed by atoms with van der Waals surface area (Å²) >= 11 is 0. The standard InChI is InChI=1S/C19H31N7O2/c1-6-7-8-20-19(28)25-11-9-24(10-12-25)18-21-15-14(4)22-23(5)16(15)17(27)26(18)13(2)3/h13H,6-12H2,1-5H3,(H,20,28). The first kappa shape index (κ1) is 20.2. The van der Waals surface area contributed by atoms with Gasteiger partial charge in [-0.15, -0.1) is 0 Å². The molecule has 3 rings (SSSR count). The highest BCUT2D eigenvalue weighted by Gasteiger charge is 2.26. The van der Waals surface area contributed by atoms with Crippen molar-refractivity contribution in [2.75, 3.05) is 37.6 Å². The van der Waals surface area contributed by atoms with E-state index in [1.165, 1.54) is 0 Å². The third-order valence-electron chi connectivity index (χ3n) is 5.21. The maximum absolute atomic E-state index is 13.1. The van der Waals surface area contributed by atoms with Gasteiger partial charge in [0.05, 0.1) is 5.69 Å². The number of urea groups is 1. The van der Waals surface area contributed by atoms with Crippen LogP contribution in [-0.2, 0) is 7.05 Å². The summed E-state index contributed by atoms with van der Waals surface area (Å²) in [6.45, 7) is 11.2. The first-order chi connectivity index (χ1) is 13.3. The average molecular weight is 390 g/mol. The molecule has 154 valence electrons. The normalized spacial score (nSPS) is 14.9. The van der Waals surface area contributed by atoms with Crippen LogP contribution in [0.5, 0.6) is 0 Å². The highest BCUT2D eigenvalue weighted by atomic mass is 16.2. The van der Waals surface area contributed by atoms with E-state index in [4.69, 9.17) is 4.98 Å². The molecular weight excluding hydrogens is 358 g/mol. The molecule has 0 saturated carbocycles. The Labute approximate surface area is 165 Å². The van der Waals surface area contributed by atoms with Crippen LogP contribution in [0.15, 0.2) is 4.79 Å². The molecule has 2 aromatic rings. The first-order valence-electron chi connectivity index (χ1n) is 10.1. The highest BCUT2D eigenvalue weighted by molar-refractivity contribution is 5.78. The van der Waals surface area contributed by atoms with Crippen LogP contribution >= 0.6 is 0 Å². The van der Waals surface area contributed by atoms with Gasteiger partial charge in [0.25, 0.3) is 5.56 Å². The average Bonchev–Trinajstić information content (AvgIpc) is 2.95. The van der Waals surface area contributed by atoms with Crippen molar-refractivity contribution >= 4 is 23.0 Å². The Hall–Kier alpha value is -2.58. The molecule has 9 nitrogen and oxygen atoms in total. The monoisotopic (exact) mass is 389 g/mol. The number of aromatic nitrogens is 4. The lowest BCUT2D eigenvalue weighted by Crippen LogP contribution is -2.53. The Bertz CT molecular complexity index is 907. The van der Waals surface area contributed by atoms with Crippen molar-refractivity contribution in [1.82, 2.24) is 29.5 Å². The van der Waals surface area contributed by atoms with Gasteiger partial charge in [-0.2, -0.15) is 5.10 Å². The van der Waals surface area contributed by atoms with Gasteiger partial charge in [-0.25, -0.2) is 9.78 Å². The van der Waals surface area contributed by atoms with Crippen molar-refractivity contribution < 1.29 is 4.79 Å². The first-order valence-corrected chi connectivity index (χ1v) is 10.1. The van der Waals surface area contributed by atoms with Gasteiger partial charge in [0.1, 0.15) is 5.52 Å². The minimum atomic E-state index is -0.0714. The largest absolute Gasteiger partial charge is 0.339 e. The van der Waals surface area contributed by atoms with Crippen LogP contribution < -0.4 is 15.8 Å². The Kier molecular flexibility index (Phi) is 5.90. The molecule has 28 heavy (non-hydrogen) atoms. The summed E-state index contributed by atoms with van der Waals surface area (Å²) in [4.78, 5) is 34.2. The minimum Gasteiger partial charge on any atom is -0.339 e. The molecule has 1 aliphatic heterocycles. The molecule has 0 spiro atoms. The Balaban J connectivity index is 1.85. The van der Waals surface area contributed by atoms with Crippen molar-refractivity contribution in [1.29, 1.82) is 0 Å². The fraction of sp³-hybridized carbons (Fsp3) is 0.684. The lowest BCUT2D eigenvalue weighted by atomic mass is 10.3. The molecule has 9 heteroatoms. The predicted octanol–water partition coefficient (Wildman–Crippen LogP) is 1.65. The zero-order valence-electron chi connectivity index (χ0n) is 17.5. The van der Waals surface area contributed by atoms with E-state index in [2.05, 4.69) is 22.2 Å². The van der Waals surface area contributed by atoms with Crippen LogP contribution in [0.4, 0.5) is 10.7 Å². The summed E-state index contributed by atoms with van der Waals surface area (Å²) in [6, 6.07) is -0.0363. The van der Waals surface area contributed by atoms with Gasteiger partial charge in [-0.1, -0.05) is 13.3 Å². The summed E-state index contributed by atoms with van der Waals surface area (Å²) in [5, 5.41) is 7.34. The van der Waals surface area contributed by atoms with Gasteiger partial charge in [0.2, 0.25) is 5.95 Å². The number of unbranched alkanes of at least 4 members (excludes halogenated alkanes) is 1. The van der Waals surface area contributed by atoms with Gasteiger partial charge in [-0.3, -0.25) is 14.0 Å². The maximum Gasteiger partial charge on any atom is 0.317 e. The summed E-state index contributed by atoms with van der Waals surface area (Å²) in [6.07, 6.45) is 2.05. The van der Waals surface area contributed by atoms with Crippen molar-refractivity contribution in [3.8, 4) is 0 Å². The zero-order valence-corrected chi connectivity index (χ0v) is 17.5. The van der Waals surface area contributed by atoms with Crippen molar-refractivity contribution in [3.63, 3.8) is 0 Å². The van der Waals surface area contributed by atoms with Crippen LogP contribution in [0, 0.1) is 6.92 Å². The summed E-state index contributed by atoms with van der Waals surface area (Å²) in [5.41, 5.74) is 1.86. The highest BCUT2D eigenvalue weighted by Crippen LogP contribution is 2.21. The molecule has 0 aliphatic carbocycles. The number of nitrogens with one attached hydrogen (secondary N) is 1. The van der Waals surface area contributed by atoms with Crippen LogP contribution in [0.3, 0.4) is 0 Å². The molecule has 1 saturated heterocycles.